The summed E-state index contributed by atoms with van der Waals surface area (Å²) in [4.78, 5) is 20.6. The van der Waals surface area contributed by atoms with E-state index in [-0.39, 0.29) is 22.4 Å². The zero-order valence-electron chi connectivity index (χ0n) is 20.7. The van der Waals surface area contributed by atoms with Crippen LogP contribution >= 0.6 is 0 Å². The molecule has 0 spiro atoms. The van der Waals surface area contributed by atoms with E-state index in [0.717, 1.165) is 11.1 Å². The summed E-state index contributed by atoms with van der Waals surface area (Å²) in [6, 6.07) is 16.9. The Kier molecular flexibility index (Phi) is 6.25. The van der Waals surface area contributed by atoms with Gasteiger partial charge in [-0.15, -0.1) is 5.10 Å². The smallest absolute Gasteiger partial charge is 0.281 e. The fourth-order valence-corrected chi connectivity index (χ4v) is 6.05. The van der Waals surface area contributed by atoms with Gasteiger partial charge in [-0.05, 0) is 41.5 Å². The Hall–Kier alpha value is -3.37. The minimum Gasteiger partial charge on any atom is -0.308 e. The fourth-order valence-electron chi connectivity index (χ4n) is 4.59. The lowest BCUT2D eigenvalue weighted by molar-refractivity contribution is 0.313. The van der Waals surface area contributed by atoms with E-state index in [0.29, 0.717) is 48.8 Å². The maximum absolute atomic E-state index is 13.2. The van der Waals surface area contributed by atoms with E-state index in [1.54, 1.807) is 16.8 Å². The van der Waals surface area contributed by atoms with Crippen molar-refractivity contribution in [3.8, 4) is 0 Å². The number of aromatic nitrogens is 5. The summed E-state index contributed by atoms with van der Waals surface area (Å²) in [5.74, 6) is 0.493. The topological polar surface area (TPSA) is 114 Å². The average molecular weight is 507 g/mol. The highest BCUT2D eigenvalue weighted by atomic mass is 32.2. The van der Waals surface area contributed by atoms with Gasteiger partial charge in [-0.2, -0.15) is 4.31 Å². The Bertz CT molecular complexity index is 1530. The number of hydrogen-bond donors (Lipinski definition) is 1. The van der Waals surface area contributed by atoms with Gasteiger partial charge in [0, 0.05) is 19.0 Å². The third-order valence-corrected chi connectivity index (χ3v) is 8.68. The van der Waals surface area contributed by atoms with Gasteiger partial charge >= 0.3 is 0 Å². The van der Waals surface area contributed by atoms with Gasteiger partial charge in [0.25, 0.3) is 5.56 Å². The van der Waals surface area contributed by atoms with Gasteiger partial charge in [0.2, 0.25) is 10.0 Å². The first-order valence-electron chi connectivity index (χ1n) is 12.1. The molecular weight excluding hydrogens is 476 g/mol. The highest BCUT2D eigenvalue weighted by Crippen LogP contribution is 2.30. The first-order chi connectivity index (χ1) is 17.1. The molecule has 2 aromatic heterocycles. The second-order valence-corrected chi connectivity index (χ2v) is 12.2. The maximum atomic E-state index is 13.2. The van der Waals surface area contributed by atoms with Crippen molar-refractivity contribution in [2.45, 2.75) is 56.4 Å². The van der Waals surface area contributed by atoms with Crippen molar-refractivity contribution in [1.29, 1.82) is 0 Å². The molecule has 0 bridgehead atoms. The molecule has 5 rings (SSSR count). The molecule has 0 unspecified atom stereocenters. The van der Waals surface area contributed by atoms with Gasteiger partial charge in [0.1, 0.15) is 5.82 Å². The molecule has 0 radical (unpaired) electrons. The summed E-state index contributed by atoms with van der Waals surface area (Å²) in [6.45, 7) is 7.47. The molecule has 2 aromatic carbocycles. The van der Waals surface area contributed by atoms with Gasteiger partial charge in [-0.25, -0.2) is 18.1 Å². The molecule has 9 nitrogen and oxygen atoms in total. The number of rotatable bonds is 5. The summed E-state index contributed by atoms with van der Waals surface area (Å²) in [5.41, 5.74) is 2.38. The van der Waals surface area contributed by atoms with Gasteiger partial charge in [0.15, 0.2) is 11.2 Å². The Morgan fingerprint density at radius 2 is 1.67 bits per heavy atom. The minimum absolute atomic E-state index is 0.0440. The van der Waals surface area contributed by atoms with Gasteiger partial charge < -0.3 is 4.98 Å². The highest BCUT2D eigenvalue weighted by Gasteiger charge is 2.31. The molecule has 1 N–H and O–H groups in total. The first-order valence-corrected chi connectivity index (χ1v) is 13.5. The summed E-state index contributed by atoms with van der Waals surface area (Å²) in [6.07, 6.45) is 1.13. The lowest BCUT2D eigenvalue weighted by Gasteiger charge is -2.30. The lowest BCUT2D eigenvalue weighted by Crippen LogP contribution is -2.38. The van der Waals surface area contributed by atoms with Gasteiger partial charge in [-0.1, -0.05) is 68.4 Å². The van der Waals surface area contributed by atoms with Crippen LogP contribution in [-0.2, 0) is 22.0 Å². The molecule has 0 atom stereocenters. The predicted octanol–water partition coefficient (Wildman–Crippen LogP) is 3.43. The third-order valence-electron chi connectivity index (χ3n) is 6.77. The number of H-pyrrole nitrogens is 1. The molecule has 3 heterocycles. The molecule has 1 aliphatic heterocycles. The number of hydrogen-bond acceptors (Lipinski definition) is 6. The number of piperidine rings is 1. The number of sulfonamides is 1. The van der Waals surface area contributed by atoms with Crippen LogP contribution in [0.1, 0.15) is 56.5 Å². The van der Waals surface area contributed by atoms with Crippen LogP contribution in [0.4, 0.5) is 0 Å². The SMILES string of the molecule is CC(C)(C)c1ccc(S(=O)(=O)N2CCC(c3nc4c(nnn4Cc4ccccc4)c(=O)[nH]3)CC2)cc1. The standard InChI is InChI=1S/C26H30N6O3S/c1-26(2,3)20-9-11-21(12-10-20)36(34,35)31-15-13-19(14-16-31)23-27-24-22(25(33)28-23)29-30-32(24)17-18-7-5-4-6-8-18/h4-12,19H,13-17H2,1-3H3,(H,27,28,33). The lowest BCUT2D eigenvalue weighted by atomic mass is 9.87. The maximum Gasteiger partial charge on any atom is 0.281 e. The zero-order chi connectivity index (χ0) is 25.5. The first kappa shape index (κ1) is 24.3. The Labute approximate surface area is 210 Å². The van der Waals surface area contributed by atoms with E-state index in [9.17, 15) is 13.2 Å². The van der Waals surface area contributed by atoms with Crippen molar-refractivity contribution in [2.24, 2.45) is 0 Å². The van der Waals surface area contributed by atoms with E-state index in [4.69, 9.17) is 4.98 Å². The van der Waals surface area contributed by atoms with Crippen LogP contribution in [0.25, 0.3) is 11.2 Å². The van der Waals surface area contributed by atoms with Crippen LogP contribution < -0.4 is 5.56 Å². The zero-order valence-corrected chi connectivity index (χ0v) is 21.5. The highest BCUT2D eigenvalue weighted by molar-refractivity contribution is 7.89. The normalized spacial score (nSPS) is 16.0. The van der Waals surface area contributed by atoms with Crippen molar-refractivity contribution >= 4 is 21.2 Å². The van der Waals surface area contributed by atoms with Crippen LogP contribution in [0.5, 0.6) is 0 Å². The minimum atomic E-state index is -3.59. The van der Waals surface area contributed by atoms with Crippen LogP contribution in [0.15, 0.2) is 64.3 Å². The summed E-state index contributed by atoms with van der Waals surface area (Å²) >= 11 is 0. The van der Waals surface area contributed by atoms with E-state index in [2.05, 4.69) is 36.1 Å². The van der Waals surface area contributed by atoms with Gasteiger partial charge in [-0.3, -0.25) is 4.79 Å². The number of nitrogens with one attached hydrogen (secondary N) is 1. The summed E-state index contributed by atoms with van der Waals surface area (Å²) in [5, 5.41) is 8.15. The average Bonchev–Trinajstić information content (AvgIpc) is 3.27. The second-order valence-electron chi connectivity index (χ2n) is 10.3. The molecule has 0 amide bonds. The molecule has 1 aliphatic rings. The molecule has 0 saturated carbocycles. The van der Waals surface area contributed by atoms with Crippen molar-refractivity contribution in [3.05, 3.63) is 81.9 Å². The fraction of sp³-hybridized carbons (Fsp3) is 0.385. The van der Waals surface area contributed by atoms with Crippen LogP contribution in [0, 0.1) is 0 Å². The predicted molar refractivity (Wildman–Crippen MR) is 137 cm³/mol. The van der Waals surface area contributed by atoms with E-state index >= 15 is 0 Å². The third kappa shape index (κ3) is 4.70. The largest absolute Gasteiger partial charge is 0.308 e. The molecule has 4 aromatic rings. The molecule has 36 heavy (non-hydrogen) atoms. The number of benzene rings is 2. The van der Waals surface area contributed by atoms with Crippen molar-refractivity contribution < 1.29 is 8.42 Å². The number of fused-ring (bicyclic) bond motifs is 1. The molecule has 1 fully saturated rings. The Morgan fingerprint density at radius 1 is 1.00 bits per heavy atom. The van der Waals surface area contributed by atoms with E-state index in [1.165, 1.54) is 4.31 Å². The number of aromatic amines is 1. The van der Waals surface area contributed by atoms with E-state index in [1.807, 2.05) is 42.5 Å². The molecule has 188 valence electrons. The molecular formula is C26H30N6O3S. The number of nitrogens with zero attached hydrogens (tertiary/aromatic N) is 5. The van der Waals surface area contributed by atoms with Crippen molar-refractivity contribution in [2.75, 3.05) is 13.1 Å². The van der Waals surface area contributed by atoms with E-state index < -0.39 is 10.0 Å². The molecule has 1 saturated heterocycles. The van der Waals surface area contributed by atoms with Crippen LogP contribution in [0.2, 0.25) is 0 Å². The quantitative estimate of drug-likeness (QED) is 0.444. The van der Waals surface area contributed by atoms with Crippen LogP contribution in [0.3, 0.4) is 0 Å². The summed E-state index contributed by atoms with van der Waals surface area (Å²) < 4.78 is 29.6. The van der Waals surface area contributed by atoms with Crippen molar-refractivity contribution in [3.63, 3.8) is 0 Å². The summed E-state index contributed by atoms with van der Waals surface area (Å²) in [7, 11) is -3.59. The van der Waals surface area contributed by atoms with Gasteiger partial charge in [0.05, 0.1) is 11.4 Å². The monoisotopic (exact) mass is 506 g/mol. The Balaban J connectivity index is 1.33. The molecule has 10 heteroatoms. The Morgan fingerprint density at radius 3 is 2.31 bits per heavy atom. The second kappa shape index (κ2) is 9.25. The molecule has 0 aliphatic carbocycles. The van der Waals surface area contributed by atoms with Crippen molar-refractivity contribution in [1.82, 2.24) is 29.3 Å². The van der Waals surface area contributed by atoms with Crippen LogP contribution in [-0.4, -0.2) is 50.8 Å².